The fourth-order valence-electron chi connectivity index (χ4n) is 1.06. The van der Waals surface area contributed by atoms with Gasteiger partial charge in [0.1, 0.15) is 5.82 Å². The van der Waals surface area contributed by atoms with Gasteiger partial charge in [-0.3, -0.25) is 9.48 Å². The molecular formula is C7H12N4O. The molecular weight excluding hydrogens is 156 g/mol. The van der Waals surface area contributed by atoms with Gasteiger partial charge >= 0.3 is 0 Å². The summed E-state index contributed by atoms with van der Waals surface area (Å²) in [4.78, 5) is 12.3. The Morgan fingerprint density at radius 2 is 2.50 bits per heavy atom. The quantitative estimate of drug-likeness (QED) is 0.651. The molecule has 0 spiro atoms. The highest BCUT2D eigenvalue weighted by molar-refractivity contribution is 5.78. The number of rotatable bonds is 3. The number of aromatic nitrogens is 2. The molecule has 12 heavy (non-hydrogen) atoms. The lowest BCUT2D eigenvalue weighted by molar-refractivity contribution is -0.116. The first-order valence-electron chi connectivity index (χ1n) is 3.58. The molecule has 0 aliphatic rings. The molecule has 5 heteroatoms. The van der Waals surface area contributed by atoms with Crippen LogP contribution in [0.3, 0.4) is 0 Å². The van der Waals surface area contributed by atoms with Crippen LogP contribution in [-0.4, -0.2) is 29.3 Å². The molecule has 0 radical (unpaired) electrons. The molecule has 5 nitrogen and oxygen atoms in total. The number of nitrogens with two attached hydrogens (primary N) is 1. The van der Waals surface area contributed by atoms with E-state index in [1.165, 1.54) is 0 Å². The zero-order valence-corrected chi connectivity index (χ0v) is 7.19. The molecule has 0 saturated carbocycles. The normalized spacial score (nSPS) is 9.83. The van der Waals surface area contributed by atoms with Crippen molar-refractivity contribution < 1.29 is 4.79 Å². The average molecular weight is 168 g/mol. The zero-order valence-electron chi connectivity index (χ0n) is 7.19. The molecule has 0 aliphatic heterocycles. The van der Waals surface area contributed by atoms with Gasteiger partial charge in [-0.1, -0.05) is 0 Å². The summed E-state index contributed by atoms with van der Waals surface area (Å²) < 4.78 is 1.68. The highest BCUT2D eigenvalue weighted by atomic mass is 16.1. The van der Waals surface area contributed by atoms with Crippen LogP contribution in [0.25, 0.3) is 0 Å². The van der Waals surface area contributed by atoms with E-state index in [2.05, 4.69) is 5.10 Å². The smallest absolute Gasteiger partial charge is 0.236 e. The Labute approximate surface area is 70.8 Å². The fourth-order valence-corrected chi connectivity index (χ4v) is 1.06. The summed E-state index contributed by atoms with van der Waals surface area (Å²) >= 11 is 0. The summed E-state index contributed by atoms with van der Waals surface area (Å²) in [6.07, 6.45) is 1.67. The molecule has 1 aromatic rings. The molecule has 66 valence electrons. The van der Waals surface area contributed by atoms with Gasteiger partial charge in [0.05, 0.1) is 12.7 Å². The Morgan fingerprint density at radius 1 is 1.83 bits per heavy atom. The van der Waals surface area contributed by atoms with Crippen molar-refractivity contribution in [3.05, 3.63) is 12.3 Å². The zero-order chi connectivity index (χ0) is 9.14. The predicted octanol–water partition coefficient (Wildman–Crippen LogP) is -0.658. The molecule has 1 rings (SSSR count). The van der Waals surface area contributed by atoms with Gasteiger partial charge in [-0.05, 0) is 0 Å². The van der Waals surface area contributed by atoms with Crippen molar-refractivity contribution in [2.24, 2.45) is 12.8 Å². The Kier molecular flexibility index (Phi) is 2.32. The standard InChI is InChI=1S/C7H12N4O/c1-10(5-6(8)12)7-3-4-9-11(7)2/h3-4H,5H2,1-2H3,(H2,8,12). The van der Waals surface area contributed by atoms with Crippen LogP contribution < -0.4 is 10.6 Å². The summed E-state index contributed by atoms with van der Waals surface area (Å²) in [5, 5.41) is 3.97. The van der Waals surface area contributed by atoms with Crippen LogP contribution in [0.4, 0.5) is 5.82 Å². The number of carbonyl (C=O) groups excluding carboxylic acids is 1. The first-order chi connectivity index (χ1) is 5.61. The molecule has 1 amide bonds. The van der Waals surface area contributed by atoms with E-state index in [1.807, 2.05) is 13.1 Å². The lowest BCUT2D eigenvalue weighted by Gasteiger charge is -2.16. The number of carbonyl (C=O) groups is 1. The van der Waals surface area contributed by atoms with Crippen LogP contribution in [0.5, 0.6) is 0 Å². The molecule has 2 N–H and O–H groups in total. The van der Waals surface area contributed by atoms with Crippen LogP contribution in [0, 0.1) is 0 Å². The van der Waals surface area contributed by atoms with E-state index in [0.29, 0.717) is 0 Å². The number of amides is 1. The van der Waals surface area contributed by atoms with Gasteiger partial charge in [-0.2, -0.15) is 5.10 Å². The second-order valence-corrected chi connectivity index (χ2v) is 2.64. The third-order valence-electron chi connectivity index (χ3n) is 1.58. The number of nitrogens with zero attached hydrogens (tertiary/aromatic N) is 3. The van der Waals surface area contributed by atoms with E-state index in [4.69, 9.17) is 5.73 Å². The Balaban J connectivity index is 2.71. The van der Waals surface area contributed by atoms with Crippen LogP contribution in [0.2, 0.25) is 0 Å². The van der Waals surface area contributed by atoms with E-state index in [1.54, 1.807) is 22.8 Å². The van der Waals surface area contributed by atoms with Crippen LogP contribution >= 0.6 is 0 Å². The van der Waals surface area contributed by atoms with E-state index < -0.39 is 0 Å². The number of likely N-dealkylation sites (N-methyl/N-ethyl adjacent to an activating group) is 1. The second-order valence-electron chi connectivity index (χ2n) is 2.64. The number of hydrogen-bond donors (Lipinski definition) is 1. The van der Waals surface area contributed by atoms with Crippen LogP contribution in [0.15, 0.2) is 12.3 Å². The first-order valence-corrected chi connectivity index (χ1v) is 3.58. The van der Waals surface area contributed by atoms with Crippen LogP contribution in [0.1, 0.15) is 0 Å². The van der Waals surface area contributed by atoms with Gasteiger partial charge in [0, 0.05) is 20.2 Å². The molecule has 0 atom stereocenters. The van der Waals surface area contributed by atoms with Crippen molar-refractivity contribution in [2.75, 3.05) is 18.5 Å². The van der Waals surface area contributed by atoms with E-state index >= 15 is 0 Å². The first kappa shape index (κ1) is 8.58. The Bertz CT molecular complexity index is 281. The molecule has 0 aromatic carbocycles. The molecule has 0 aliphatic carbocycles. The third-order valence-corrected chi connectivity index (χ3v) is 1.58. The van der Waals surface area contributed by atoms with Gasteiger partial charge in [0.15, 0.2) is 0 Å². The largest absolute Gasteiger partial charge is 0.368 e. The van der Waals surface area contributed by atoms with Crippen molar-refractivity contribution >= 4 is 11.7 Å². The molecule has 1 heterocycles. The topological polar surface area (TPSA) is 64.2 Å². The summed E-state index contributed by atoms with van der Waals surface area (Å²) in [7, 11) is 3.61. The van der Waals surface area contributed by atoms with Crippen molar-refractivity contribution in [2.45, 2.75) is 0 Å². The minimum Gasteiger partial charge on any atom is -0.368 e. The Hall–Kier alpha value is -1.52. The van der Waals surface area contributed by atoms with E-state index in [0.717, 1.165) is 5.82 Å². The van der Waals surface area contributed by atoms with Crippen molar-refractivity contribution in [1.82, 2.24) is 9.78 Å². The van der Waals surface area contributed by atoms with E-state index in [9.17, 15) is 4.79 Å². The number of hydrogen-bond acceptors (Lipinski definition) is 3. The highest BCUT2D eigenvalue weighted by Crippen LogP contribution is 2.08. The fraction of sp³-hybridized carbons (Fsp3) is 0.429. The van der Waals surface area contributed by atoms with Crippen molar-refractivity contribution in [3.63, 3.8) is 0 Å². The highest BCUT2D eigenvalue weighted by Gasteiger charge is 2.06. The monoisotopic (exact) mass is 168 g/mol. The SMILES string of the molecule is CN(CC(N)=O)c1ccnn1C. The van der Waals surface area contributed by atoms with E-state index in [-0.39, 0.29) is 12.5 Å². The van der Waals surface area contributed by atoms with Crippen molar-refractivity contribution in [1.29, 1.82) is 0 Å². The third kappa shape index (κ3) is 1.75. The van der Waals surface area contributed by atoms with Gasteiger partial charge in [0.2, 0.25) is 5.91 Å². The summed E-state index contributed by atoms with van der Waals surface area (Å²) in [6.45, 7) is 0.208. The number of anilines is 1. The molecule has 0 unspecified atom stereocenters. The van der Waals surface area contributed by atoms with Gasteiger partial charge in [-0.25, -0.2) is 0 Å². The van der Waals surface area contributed by atoms with Gasteiger partial charge in [0.25, 0.3) is 0 Å². The lowest BCUT2D eigenvalue weighted by Crippen LogP contribution is -2.31. The maximum Gasteiger partial charge on any atom is 0.236 e. The summed E-state index contributed by atoms with van der Waals surface area (Å²) in [5.41, 5.74) is 5.04. The van der Waals surface area contributed by atoms with Crippen molar-refractivity contribution in [3.8, 4) is 0 Å². The molecule has 0 bridgehead atoms. The minimum absolute atomic E-state index is 0.208. The summed E-state index contributed by atoms with van der Waals surface area (Å²) in [5.74, 6) is 0.521. The molecule has 0 saturated heterocycles. The van der Waals surface area contributed by atoms with Gasteiger partial charge < -0.3 is 10.6 Å². The summed E-state index contributed by atoms with van der Waals surface area (Å²) in [6, 6.07) is 1.82. The predicted molar refractivity (Wildman–Crippen MR) is 45.7 cm³/mol. The Morgan fingerprint density at radius 3 is 2.92 bits per heavy atom. The second kappa shape index (κ2) is 3.25. The van der Waals surface area contributed by atoms with Crippen LogP contribution in [-0.2, 0) is 11.8 Å². The lowest BCUT2D eigenvalue weighted by atomic mass is 10.5. The number of aryl methyl sites for hydroxylation is 1. The maximum absolute atomic E-state index is 10.6. The average Bonchev–Trinajstić information content (AvgIpc) is 2.33. The number of primary amides is 1. The molecule has 1 aromatic heterocycles. The molecule has 0 fully saturated rings. The minimum atomic E-state index is -0.348. The maximum atomic E-state index is 10.6. The van der Waals surface area contributed by atoms with Gasteiger partial charge in [-0.15, -0.1) is 0 Å².